The maximum Gasteiger partial charge on any atom is 0.246 e. The van der Waals surface area contributed by atoms with E-state index in [2.05, 4.69) is 9.88 Å². The van der Waals surface area contributed by atoms with Crippen LogP contribution >= 0.6 is 0 Å². The fourth-order valence-electron chi connectivity index (χ4n) is 5.75. The van der Waals surface area contributed by atoms with Gasteiger partial charge < -0.3 is 24.7 Å². The summed E-state index contributed by atoms with van der Waals surface area (Å²) in [6.45, 7) is 4.31. The molecule has 3 unspecified atom stereocenters. The summed E-state index contributed by atoms with van der Waals surface area (Å²) in [6.07, 6.45) is 0.446. The van der Waals surface area contributed by atoms with Crippen molar-refractivity contribution in [1.82, 2.24) is 19.7 Å². The summed E-state index contributed by atoms with van der Waals surface area (Å²) >= 11 is 0. The highest BCUT2D eigenvalue weighted by Crippen LogP contribution is 2.42. The number of ether oxygens (including phenoxy) is 1. The number of H-pyrrole nitrogens is 1. The van der Waals surface area contributed by atoms with Crippen LogP contribution in [0.2, 0.25) is 0 Å². The molecule has 188 valence electrons. The normalized spacial score (nSPS) is 23.6. The third kappa shape index (κ3) is 3.97. The number of hydrogen-bond acceptors (Lipinski definition) is 6. The van der Waals surface area contributed by atoms with Crippen LogP contribution in [0, 0.1) is 5.21 Å². The molecule has 2 aromatic carbocycles. The van der Waals surface area contributed by atoms with E-state index in [-0.39, 0.29) is 24.0 Å². The van der Waals surface area contributed by atoms with E-state index in [4.69, 9.17) is 4.74 Å². The van der Waals surface area contributed by atoms with Gasteiger partial charge in [0.2, 0.25) is 11.8 Å². The number of quaternary nitrogens is 1. The Kier molecular flexibility index (Phi) is 5.98. The van der Waals surface area contributed by atoms with E-state index in [1.165, 1.54) is 0 Å². The molecule has 0 radical (unpaired) electrons. The van der Waals surface area contributed by atoms with Crippen molar-refractivity contribution >= 4 is 28.4 Å². The van der Waals surface area contributed by atoms with Crippen molar-refractivity contribution in [1.29, 1.82) is 0 Å². The Balaban J connectivity index is 1.36. The van der Waals surface area contributed by atoms with Crippen molar-refractivity contribution in [2.75, 3.05) is 45.9 Å². The predicted molar refractivity (Wildman–Crippen MR) is 131 cm³/mol. The van der Waals surface area contributed by atoms with Crippen LogP contribution in [-0.2, 0) is 20.7 Å². The van der Waals surface area contributed by atoms with Crippen LogP contribution in [0.3, 0.4) is 0 Å². The lowest BCUT2D eigenvalue weighted by Gasteiger charge is -2.47. The number of nitrogens with zero attached hydrogens (tertiary/aromatic N) is 3. The molecule has 3 aliphatic rings. The summed E-state index contributed by atoms with van der Waals surface area (Å²) in [4.78, 5) is 36.5. The molecule has 10 heteroatoms. The minimum atomic E-state index is -1.01. The standard InChI is InChI=1S/C26H29N5O5/c32-23-16-29(10-9-28-11-13-36-14-12-28)26(33)22-15-20-19-3-1-2-4-21(19)27-24(20)25(30(22)23)17-5-7-18(8-6-17)31(34)35/h1-8,22,25,27,31,34H,9-16H2. The first-order valence-electron chi connectivity index (χ1n) is 12.3. The second-order valence-electron chi connectivity index (χ2n) is 9.63. The van der Waals surface area contributed by atoms with Crippen molar-refractivity contribution in [3.05, 3.63) is 70.6 Å². The number of para-hydroxylation sites is 1. The van der Waals surface area contributed by atoms with Gasteiger partial charge in [0.1, 0.15) is 6.04 Å². The Morgan fingerprint density at radius 3 is 2.56 bits per heavy atom. The highest BCUT2D eigenvalue weighted by molar-refractivity contribution is 5.97. The zero-order chi connectivity index (χ0) is 24.8. The van der Waals surface area contributed by atoms with Gasteiger partial charge in [0.25, 0.3) is 0 Å². The van der Waals surface area contributed by atoms with E-state index in [1.54, 1.807) is 34.1 Å². The van der Waals surface area contributed by atoms with Gasteiger partial charge in [-0.1, -0.05) is 30.3 Å². The molecule has 0 saturated carbocycles. The van der Waals surface area contributed by atoms with Crippen LogP contribution in [0.15, 0.2) is 48.5 Å². The van der Waals surface area contributed by atoms with Gasteiger partial charge in [-0.2, -0.15) is 5.23 Å². The summed E-state index contributed by atoms with van der Waals surface area (Å²) in [7, 11) is 0. The Hall–Kier alpha value is -3.28. The van der Waals surface area contributed by atoms with Crippen LogP contribution in [-0.4, -0.2) is 88.7 Å². The van der Waals surface area contributed by atoms with Gasteiger partial charge in [-0.25, -0.2) is 5.21 Å². The fourth-order valence-corrected chi connectivity index (χ4v) is 5.75. The number of aromatic nitrogens is 1. The first-order chi connectivity index (χ1) is 17.5. The number of nitrogens with one attached hydrogen (secondary N) is 2. The SMILES string of the molecule is O=C1C2Cc3c([nH]c4ccccc34)C(c3ccc([NH+]([O-])O)cc3)N2C(=O)CN1CCN1CCOCC1. The summed E-state index contributed by atoms with van der Waals surface area (Å²) in [5.41, 5.74) is 3.84. The van der Waals surface area contributed by atoms with E-state index < -0.39 is 17.3 Å². The maximum absolute atomic E-state index is 13.8. The van der Waals surface area contributed by atoms with E-state index >= 15 is 0 Å². The zero-order valence-corrected chi connectivity index (χ0v) is 19.9. The van der Waals surface area contributed by atoms with Crippen molar-refractivity contribution in [3.63, 3.8) is 0 Å². The van der Waals surface area contributed by atoms with Crippen molar-refractivity contribution in [2.45, 2.75) is 18.5 Å². The van der Waals surface area contributed by atoms with Gasteiger partial charge in [0, 0.05) is 61.3 Å². The molecule has 3 aliphatic heterocycles. The third-order valence-corrected chi connectivity index (χ3v) is 7.61. The zero-order valence-electron chi connectivity index (χ0n) is 19.9. The minimum Gasteiger partial charge on any atom is -0.595 e. The van der Waals surface area contributed by atoms with Gasteiger partial charge in [-0.05, 0) is 17.2 Å². The third-order valence-electron chi connectivity index (χ3n) is 7.61. The number of hydrogen-bond donors (Lipinski definition) is 3. The molecule has 2 amide bonds. The predicted octanol–water partition coefficient (Wildman–Crippen LogP) is 0.588. The lowest BCUT2D eigenvalue weighted by Crippen LogP contribution is -2.99. The maximum atomic E-state index is 13.8. The Bertz CT molecular complexity index is 1280. The molecule has 2 saturated heterocycles. The molecule has 2 fully saturated rings. The first kappa shape index (κ1) is 23.1. The highest BCUT2D eigenvalue weighted by atomic mass is 16.8. The summed E-state index contributed by atoms with van der Waals surface area (Å²) in [5.74, 6) is -0.135. The monoisotopic (exact) mass is 491 g/mol. The fraction of sp³-hybridized carbons (Fsp3) is 0.385. The Labute approximate surface area is 208 Å². The Morgan fingerprint density at radius 2 is 1.81 bits per heavy atom. The van der Waals surface area contributed by atoms with Crippen molar-refractivity contribution in [3.8, 4) is 0 Å². The minimum absolute atomic E-state index is 0.0362. The number of aromatic amines is 1. The molecule has 0 bridgehead atoms. The average Bonchev–Trinajstić information content (AvgIpc) is 3.28. The topological polar surface area (TPSA) is 117 Å². The van der Waals surface area contributed by atoms with Gasteiger partial charge in [0.05, 0.1) is 25.8 Å². The molecule has 10 nitrogen and oxygen atoms in total. The quantitative estimate of drug-likeness (QED) is 0.450. The van der Waals surface area contributed by atoms with E-state index in [0.717, 1.165) is 40.8 Å². The number of morpholine rings is 1. The lowest BCUT2D eigenvalue weighted by atomic mass is 9.86. The molecular weight excluding hydrogens is 462 g/mol. The average molecular weight is 492 g/mol. The number of carbonyl (C=O) groups is 2. The van der Waals surface area contributed by atoms with Gasteiger partial charge in [-0.15, -0.1) is 0 Å². The molecule has 36 heavy (non-hydrogen) atoms. The molecule has 1 aromatic heterocycles. The second kappa shape index (κ2) is 9.30. The van der Waals surface area contributed by atoms with Crippen LogP contribution in [0.4, 0.5) is 5.69 Å². The molecule has 3 N–H and O–H groups in total. The first-order valence-corrected chi connectivity index (χ1v) is 12.3. The van der Waals surface area contributed by atoms with Crippen LogP contribution < -0.4 is 5.23 Å². The Morgan fingerprint density at radius 1 is 1.06 bits per heavy atom. The molecule has 0 aliphatic carbocycles. The van der Waals surface area contributed by atoms with Gasteiger partial charge >= 0.3 is 0 Å². The number of fused-ring (bicyclic) bond motifs is 4. The van der Waals surface area contributed by atoms with Gasteiger partial charge in [0.15, 0.2) is 5.69 Å². The number of benzene rings is 2. The van der Waals surface area contributed by atoms with E-state index in [9.17, 15) is 20.0 Å². The molecule has 3 aromatic rings. The largest absolute Gasteiger partial charge is 0.595 e. The van der Waals surface area contributed by atoms with Crippen molar-refractivity contribution < 1.29 is 24.8 Å². The van der Waals surface area contributed by atoms with E-state index in [0.29, 0.717) is 32.7 Å². The molecule has 3 atom stereocenters. The molecule has 6 rings (SSSR count). The van der Waals surface area contributed by atoms with Gasteiger partial charge in [-0.3, -0.25) is 14.5 Å². The molecule has 0 spiro atoms. The summed E-state index contributed by atoms with van der Waals surface area (Å²) < 4.78 is 5.42. The number of rotatable bonds is 5. The number of amides is 2. The lowest BCUT2D eigenvalue weighted by molar-refractivity contribution is -0.991. The summed E-state index contributed by atoms with van der Waals surface area (Å²) in [5, 5.41) is 20.8. The highest BCUT2D eigenvalue weighted by Gasteiger charge is 2.48. The second-order valence-corrected chi connectivity index (χ2v) is 9.63. The summed E-state index contributed by atoms with van der Waals surface area (Å²) in [6, 6.07) is 13.5. The van der Waals surface area contributed by atoms with E-state index in [1.807, 2.05) is 24.3 Å². The number of carbonyl (C=O) groups excluding carboxylic acids is 2. The van der Waals surface area contributed by atoms with Crippen LogP contribution in [0.25, 0.3) is 10.9 Å². The van der Waals surface area contributed by atoms with Crippen LogP contribution in [0.1, 0.15) is 22.9 Å². The molecular formula is C26H29N5O5. The molecule has 4 heterocycles. The smallest absolute Gasteiger partial charge is 0.246 e. The number of piperazine rings is 1. The van der Waals surface area contributed by atoms with Crippen molar-refractivity contribution in [2.24, 2.45) is 0 Å². The van der Waals surface area contributed by atoms with Crippen LogP contribution in [0.5, 0.6) is 0 Å².